The molecule has 2 rings (SSSR count). The zero-order valence-corrected chi connectivity index (χ0v) is 11.9. The van der Waals surface area contributed by atoms with Crippen molar-refractivity contribution in [1.29, 1.82) is 0 Å². The highest BCUT2D eigenvalue weighted by Gasteiger charge is 2.08. The molecule has 0 radical (unpaired) electrons. The maximum atomic E-state index is 5.51. The third kappa shape index (κ3) is 3.31. The molecule has 2 heterocycles. The van der Waals surface area contributed by atoms with Crippen LogP contribution in [0.2, 0.25) is 0 Å². The Morgan fingerprint density at radius 2 is 2.33 bits per heavy atom. The molecule has 0 aromatic carbocycles. The van der Waals surface area contributed by atoms with E-state index >= 15 is 0 Å². The van der Waals surface area contributed by atoms with E-state index in [0.717, 1.165) is 43.4 Å². The minimum absolute atomic E-state index is 0.782. The molecule has 0 aliphatic rings. The highest BCUT2D eigenvalue weighted by Crippen LogP contribution is 2.16. The SMILES string of the molecule is CCCCOCCNCc1c(C)nc2sccn12. The number of aryl methyl sites for hydroxylation is 1. The van der Waals surface area contributed by atoms with Gasteiger partial charge in [0.25, 0.3) is 0 Å². The van der Waals surface area contributed by atoms with Crippen molar-refractivity contribution in [2.45, 2.75) is 33.2 Å². The van der Waals surface area contributed by atoms with E-state index in [1.165, 1.54) is 12.1 Å². The second-order valence-electron chi connectivity index (χ2n) is 4.34. The average Bonchev–Trinajstić information content (AvgIpc) is 2.90. The van der Waals surface area contributed by atoms with Crippen molar-refractivity contribution in [3.8, 4) is 0 Å². The molecule has 100 valence electrons. The predicted octanol–water partition coefficient (Wildman–Crippen LogP) is 2.61. The quantitative estimate of drug-likeness (QED) is 0.747. The van der Waals surface area contributed by atoms with E-state index in [2.05, 4.69) is 40.1 Å². The van der Waals surface area contributed by atoms with E-state index < -0.39 is 0 Å². The molecular formula is C13H21N3OS. The van der Waals surface area contributed by atoms with Gasteiger partial charge in [-0.25, -0.2) is 4.98 Å². The minimum Gasteiger partial charge on any atom is -0.380 e. The Labute approximate surface area is 112 Å². The van der Waals surface area contributed by atoms with Crippen molar-refractivity contribution in [2.24, 2.45) is 0 Å². The molecule has 2 aromatic rings. The zero-order chi connectivity index (χ0) is 12.8. The lowest BCUT2D eigenvalue weighted by atomic mass is 10.3. The van der Waals surface area contributed by atoms with Crippen LogP contribution in [0, 0.1) is 6.92 Å². The Bertz CT molecular complexity index is 477. The molecule has 4 nitrogen and oxygen atoms in total. The first-order valence-corrected chi connectivity index (χ1v) is 7.40. The number of aromatic nitrogens is 2. The molecule has 0 aliphatic heterocycles. The molecule has 18 heavy (non-hydrogen) atoms. The van der Waals surface area contributed by atoms with Gasteiger partial charge >= 0.3 is 0 Å². The van der Waals surface area contributed by atoms with Crippen LogP contribution in [0.1, 0.15) is 31.2 Å². The number of hydrogen-bond acceptors (Lipinski definition) is 4. The Morgan fingerprint density at radius 3 is 3.17 bits per heavy atom. The number of nitrogens with one attached hydrogen (secondary N) is 1. The fourth-order valence-corrected chi connectivity index (χ4v) is 2.63. The molecule has 0 fully saturated rings. The zero-order valence-electron chi connectivity index (χ0n) is 11.1. The van der Waals surface area contributed by atoms with Gasteiger partial charge in [0.15, 0.2) is 4.96 Å². The van der Waals surface area contributed by atoms with Crippen LogP contribution in [-0.2, 0) is 11.3 Å². The summed E-state index contributed by atoms with van der Waals surface area (Å²) in [7, 11) is 0. The first-order valence-electron chi connectivity index (χ1n) is 6.52. The first kappa shape index (κ1) is 13.5. The lowest BCUT2D eigenvalue weighted by Crippen LogP contribution is -2.20. The number of fused-ring (bicyclic) bond motifs is 1. The van der Waals surface area contributed by atoms with E-state index in [1.807, 2.05) is 0 Å². The van der Waals surface area contributed by atoms with Crippen LogP contribution < -0.4 is 5.32 Å². The van der Waals surface area contributed by atoms with E-state index in [0.29, 0.717) is 0 Å². The molecule has 0 spiro atoms. The molecule has 0 unspecified atom stereocenters. The van der Waals surface area contributed by atoms with Crippen molar-refractivity contribution >= 4 is 16.3 Å². The number of hydrogen-bond donors (Lipinski definition) is 1. The molecule has 0 saturated heterocycles. The van der Waals surface area contributed by atoms with Crippen LogP contribution >= 0.6 is 11.3 Å². The van der Waals surface area contributed by atoms with Gasteiger partial charge in [0.1, 0.15) is 0 Å². The Morgan fingerprint density at radius 1 is 1.44 bits per heavy atom. The molecular weight excluding hydrogens is 246 g/mol. The minimum atomic E-state index is 0.782. The van der Waals surface area contributed by atoms with Gasteiger partial charge in [-0.3, -0.25) is 4.40 Å². The van der Waals surface area contributed by atoms with Crippen LogP contribution in [0.25, 0.3) is 4.96 Å². The largest absolute Gasteiger partial charge is 0.380 e. The topological polar surface area (TPSA) is 38.6 Å². The van der Waals surface area contributed by atoms with Crippen LogP contribution in [0.3, 0.4) is 0 Å². The Hall–Kier alpha value is -0.910. The summed E-state index contributed by atoms with van der Waals surface area (Å²) < 4.78 is 7.67. The predicted molar refractivity (Wildman–Crippen MR) is 75.2 cm³/mol. The molecule has 0 saturated carbocycles. The highest BCUT2D eigenvalue weighted by atomic mass is 32.1. The molecule has 0 bridgehead atoms. The fraction of sp³-hybridized carbons (Fsp3) is 0.615. The number of imidazole rings is 1. The van der Waals surface area contributed by atoms with Crippen molar-refractivity contribution in [1.82, 2.24) is 14.7 Å². The summed E-state index contributed by atoms with van der Waals surface area (Å²) in [6, 6.07) is 0. The summed E-state index contributed by atoms with van der Waals surface area (Å²) in [5.41, 5.74) is 2.36. The van der Waals surface area contributed by atoms with E-state index in [-0.39, 0.29) is 0 Å². The summed E-state index contributed by atoms with van der Waals surface area (Å²) in [6.07, 6.45) is 4.42. The van der Waals surface area contributed by atoms with Gasteiger partial charge in [0, 0.05) is 31.3 Å². The Balaban J connectivity index is 1.73. The fourth-order valence-electron chi connectivity index (χ4n) is 1.85. The smallest absolute Gasteiger partial charge is 0.194 e. The maximum Gasteiger partial charge on any atom is 0.194 e. The molecule has 1 N–H and O–H groups in total. The van der Waals surface area contributed by atoms with Gasteiger partial charge in [-0.15, -0.1) is 11.3 Å². The van der Waals surface area contributed by atoms with Gasteiger partial charge in [-0.1, -0.05) is 13.3 Å². The molecule has 0 amide bonds. The van der Waals surface area contributed by atoms with Gasteiger partial charge in [-0.2, -0.15) is 0 Å². The normalized spacial score (nSPS) is 11.4. The summed E-state index contributed by atoms with van der Waals surface area (Å²) in [5, 5.41) is 5.47. The molecule has 0 atom stereocenters. The van der Waals surface area contributed by atoms with Gasteiger partial charge in [-0.05, 0) is 13.3 Å². The number of ether oxygens (including phenoxy) is 1. The average molecular weight is 267 g/mol. The van der Waals surface area contributed by atoms with Crippen LogP contribution in [0.5, 0.6) is 0 Å². The van der Waals surface area contributed by atoms with Crippen molar-refractivity contribution in [3.63, 3.8) is 0 Å². The summed E-state index contributed by atoms with van der Waals surface area (Å²) >= 11 is 1.67. The van der Waals surface area contributed by atoms with Crippen LogP contribution in [0.4, 0.5) is 0 Å². The van der Waals surface area contributed by atoms with Crippen LogP contribution in [0.15, 0.2) is 11.6 Å². The van der Waals surface area contributed by atoms with Crippen molar-refractivity contribution < 1.29 is 4.74 Å². The maximum absolute atomic E-state index is 5.51. The molecule has 2 aromatic heterocycles. The third-order valence-electron chi connectivity index (χ3n) is 2.92. The highest BCUT2D eigenvalue weighted by molar-refractivity contribution is 7.15. The number of rotatable bonds is 8. The lowest BCUT2D eigenvalue weighted by molar-refractivity contribution is 0.133. The monoisotopic (exact) mass is 267 g/mol. The van der Waals surface area contributed by atoms with E-state index in [9.17, 15) is 0 Å². The second-order valence-corrected chi connectivity index (χ2v) is 5.22. The number of thiazole rings is 1. The molecule has 0 aliphatic carbocycles. The summed E-state index contributed by atoms with van der Waals surface area (Å²) in [6.45, 7) is 7.63. The van der Waals surface area contributed by atoms with Gasteiger partial charge in [0.2, 0.25) is 0 Å². The molecule has 5 heteroatoms. The third-order valence-corrected chi connectivity index (χ3v) is 3.68. The van der Waals surface area contributed by atoms with E-state index in [1.54, 1.807) is 11.3 Å². The van der Waals surface area contributed by atoms with Crippen molar-refractivity contribution in [3.05, 3.63) is 23.0 Å². The standard InChI is InChI=1S/C13H21N3OS/c1-3-4-7-17-8-5-14-10-12-11(2)15-13-16(12)6-9-18-13/h6,9,14H,3-5,7-8,10H2,1-2H3. The lowest BCUT2D eigenvalue weighted by Gasteiger charge is -2.06. The van der Waals surface area contributed by atoms with Crippen molar-refractivity contribution in [2.75, 3.05) is 19.8 Å². The first-order chi connectivity index (χ1) is 8.83. The summed E-state index contributed by atoms with van der Waals surface area (Å²) in [4.78, 5) is 5.60. The van der Waals surface area contributed by atoms with Gasteiger partial charge in [0.05, 0.1) is 18.0 Å². The van der Waals surface area contributed by atoms with E-state index in [4.69, 9.17) is 4.74 Å². The second kappa shape index (κ2) is 6.87. The number of unbranched alkanes of at least 4 members (excludes halogenated alkanes) is 1. The van der Waals surface area contributed by atoms with Crippen LogP contribution in [-0.4, -0.2) is 29.1 Å². The summed E-state index contributed by atoms with van der Waals surface area (Å²) in [5.74, 6) is 0. The number of nitrogens with zero attached hydrogens (tertiary/aromatic N) is 2. The van der Waals surface area contributed by atoms with Gasteiger partial charge < -0.3 is 10.1 Å². The Kier molecular flexibility index (Phi) is 5.16.